The average Bonchev–Trinajstić information content (AvgIpc) is 2.89. The molecule has 3 aliphatic rings. The van der Waals surface area contributed by atoms with Gasteiger partial charge in [-0.25, -0.2) is 4.79 Å². The minimum absolute atomic E-state index is 0.0219. The van der Waals surface area contributed by atoms with Crippen LogP contribution in [0.15, 0.2) is 23.8 Å². The van der Waals surface area contributed by atoms with Crippen molar-refractivity contribution in [3.8, 4) is 0 Å². The standard InChI is InChI=1S/C15H20O3/c1-9-4-5-13-15(3,18-13)7-6-11-10(2)14(16)17-12(11)8-9/h8,11-13H,2,4-7H2,1,3H3/b9-8-. The fraction of sp³-hybridized carbons (Fsp3) is 0.667. The van der Waals surface area contributed by atoms with E-state index < -0.39 is 0 Å². The molecule has 3 heteroatoms. The molecule has 0 aromatic carbocycles. The summed E-state index contributed by atoms with van der Waals surface area (Å²) in [6.07, 6.45) is 6.39. The number of hydrogen-bond donors (Lipinski definition) is 0. The van der Waals surface area contributed by atoms with E-state index in [0.29, 0.717) is 11.7 Å². The van der Waals surface area contributed by atoms with Crippen molar-refractivity contribution < 1.29 is 14.3 Å². The first kappa shape index (κ1) is 12.0. The van der Waals surface area contributed by atoms with E-state index in [1.807, 2.05) is 0 Å². The highest BCUT2D eigenvalue weighted by atomic mass is 16.6. The topological polar surface area (TPSA) is 38.8 Å². The minimum atomic E-state index is -0.230. The van der Waals surface area contributed by atoms with Gasteiger partial charge in [0.2, 0.25) is 0 Å². The van der Waals surface area contributed by atoms with Crippen LogP contribution in [0.25, 0.3) is 0 Å². The highest BCUT2D eigenvalue weighted by Crippen LogP contribution is 2.46. The molecule has 0 aromatic rings. The third-order valence-corrected chi connectivity index (χ3v) is 4.59. The van der Waals surface area contributed by atoms with Crippen LogP contribution < -0.4 is 0 Å². The molecule has 0 radical (unpaired) electrons. The summed E-state index contributed by atoms with van der Waals surface area (Å²) in [5, 5.41) is 0. The van der Waals surface area contributed by atoms with Gasteiger partial charge in [-0.05, 0) is 45.6 Å². The first-order valence-electron chi connectivity index (χ1n) is 6.74. The van der Waals surface area contributed by atoms with E-state index >= 15 is 0 Å². The van der Waals surface area contributed by atoms with Crippen LogP contribution in [-0.2, 0) is 14.3 Å². The van der Waals surface area contributed by atoms with Gasteiger partial charge in [0.15, 0.2) is 0 Å². The maximum absolute atomic E-state index is 11.6. The predicted molar refractivity (Wildman–Crippen MR) is 68.0 cm³/mol. The molecule has 4 unspecified atom stereocenters. The lowest BCUT2D eigenvalue weighted by atomic mass is 9.85. The highest BCUT2D eigenvalue weighted by molar-refractivity contribution is 5.91. The van der Waals surface area contributed by atoms with Gasteiger partial charge in [-0.2, -0.15) is 0 Å². The summed E-state index contributed by atoms with van der Waals surface area (Å²) in [6.45, 7) is 8.17. The number of epoxide rings is 1. The smallest absolute Gasteiger partial charge is 0.334 e. The van der Waals surface area contributed by atoms with Crippen LogP contribution in [0.5, 0.6) is 0 Å². The molecule has 3 nitrogen and oxygen atoms in total. The zero-order valence-corrected chi connectivity index (χ0v) is 11.1. The number of allylic oxidation sites excluding steroid dienone is 1. The number of esters is 1. The monoisotopic (exact) mass is 248 g/mol. The first-order chi connectivity index (χ1) is 8.49. The van der Waals surface area contributed by atoms with Gasteiger partial charge in [-0.3, -0.25) is 0 Å². The van der Waals surface area contributed by atoms with Crippen molar-refractivity contribution in [3.63, 3.8) is 0 Å². The largest absolute Gasteiger partial charge is 0.454 e. The normalized spacial score (nSPS) is 46.6. The Balaban J connectivity index is 1.85. The lowest BCUT2D eigenvalue weighted by Gasteiger charge is -2.18. The quantitative estimate of drug-likeness (QED) is 0.286. The van der Waals surface area contributed by atoms with Gasteiger partial charge in [-0.1, -0.05) is 12.2 Å². The number of carbonyl (C=O) groups is 1. The number of carbonyl (C=O) groups excluding carboxylic acids is 1. The lowest BCUT2D eigenvalue weighted by Crippen LogP contribution is -2.20. The van der Waals surface area contributed by atoms with Gasteiger partial charge in [0.25, 0.3) is 0 Å². The van der Waals surface area contributed by atoms with E-state index in [2.05, 4.69) is 26.5 Å². The van der Waals surface area contributed by atoms with Gasteiger partial charge in [0, 0.05) is 11.5 Å². The van der Waals surface area contributed by atoms with Gasteiger partial charge < -0.3 is 9.47 Å². The van der Waals surface area contributed by atoms with E-state index in [9.17, 15) is 4.79 Å². The maximum Gasteiger partial charge on any atom is 0.334 e. The third kappa shape index (κ3) is 1.91. The van der Waals surface area contributed by atoms with Crippen molar-refractivity contribution in [2.24, 2.45) is 5.92 Å². The van der Waals surface area contributed by atoms with Crippen molar-refractivity contribution >= 4 is 5.97 Å². The second kappa shape index (κ2) is 3.95. The van der Waals surface area contributed by atoms with Gasteiger partial charge in [0.1, 0.15) is 6.10 Å². The van der Waals surface area contributed by atoms with Gasteiger partial charge in [-0.15, -0.1) is 0 Å². The van der Waals surface area contributed by atoms with Crippen molar-refractivity contribution in [1.29, 1.82) is 0 Å². The summed E-state index contributed by atoms with van der Waals surface area (Å²) in [6, 6.07) is 0. The summed E-state index contributed by atoms with van der Waals surface area (Å²) in [4.78, 5) is 11.6. The lowest BCUT2D eigenvalue weighted by molar-refractivity contribution is -0.137. The van der Waals surface area contributed by atoms with Crippen LogP contribution in [-0.4, -0.2) is 23.8 Å². The molecule has 0 N–H and O–H groups in total. The average molecular weight is 248 g/mol. The molecule has 2 saturated heterocycles. The van der Waals surface area contributed by atoms with Gasteiger partial charge in [0.05, 0.1) is 11.7 Å². The molecule has 0 amide bonds. The molecule has 4 atom stereocenters. The molecule has 3 rings (SSSR count). The molecule has 2 fully saturated rings. The summed E-state index contributed by atoms with van der Waals surface area (Å²) in [5.74, 6) is -0.0982. The van der Waals surface area contributed by atoms with Crippen LogP contribution in [0.2, 0.25) is 0 Å². The van der Waals surface area contributed by atoms with Crippen molar-refractivity contribution in [2.45, 2.75) is 57.3 Å². The molecule has 2 heterocycles. The SMILES string of the molecule is C=C1C(=O)OC2/C=C(/C)CCC3OC3(C)CCC12. The van der Waals surface area contributed by atoms with Crippen LogP contribution in [0.4, 0.5) is 0 Å². The molecule has 98 valence electrons. The Morgan fingerprint density at radius 3 is 3.00 bits per heavy atom. The molecular weight excluding hydrogens is 228 g/mol. The van der Waals surface area contributed by atoms with Crippen molar-refractivity contribution in [1.82, 2.24) is 0 Å². The van der Waals surface area contributed by atoms with Crippen molar-refractivity contribution in [2.75, 3.05) is 0 Å². The molecule has 1 aliphatic carbocycles. The van der Waals surface area contributed by atoms with E-state index in [1.165, 1.54) is 5.57 Å². The zero-order valence-electron chi connectivity index (χ0n) is 11.1. The molecule has 0 bridgehead atoms. The Labute approximate surface area is 108 Å². The predicted octanol–water partition coefficient (Wildman–Crippen LogP) is 2.76. The Bertz CT molecular complexity index is 437. The minimum Gasteiger partial charge on any atom is -0.454 e. The Hall–Kier alpha value is -1.09. The summed E-state index contributed by atoms with van der Waals surface area (Å²) >= 11 is 0. The molecule has 18 heavy (non-hydrogen) atoms. The maximum atomic E-state index is 11.6. The number of fused-ring (bicyclic) bond motifs is 2. The highest BCUT2D eigenvalue weighted by Gasteiger charge is 2.52. The number of ether oxygens (including phenoxy) is 2. The molecule has 0 aromatic heterocycles. The molecule has 0 spiro atoms. The second-order valence-electron chi connectivity index (χ2n) is 6.01. The van der Waals surface area contributed by atoms with Crippen LogP contribution in [0, 0.1) is 5.92 Å². The third-order valence-electron chi connectivity index (χ3n) is 4.59. The molecule has 2 aliphatic heterocycles. The van der Waals surface area contributed by atoms with Crippen LogP contribution >= 0.6 is 0 Å². The Morgan fingerprint density at radius 2 is 2.22 bits per heavy atom. The van der Waals surface area contributed by atoms with E-state index in [0.717, 1.165) is 25.7 Å². The van der Waals surface area contributed by atoms with E-state index in [-0.39, 0.29) is 23.6 Å². The summed E-state index contributed by atoms with van der Waals surface area (Å²) in [5.41, 5.74) is 1.94. The van der Waals surface area contributed by atoms with E-state index in [4.69, 9.17) is 9.47 Å². The van der Waals surface area contributed by atoms with E-state index in [1.54, 1.807) is 0 Å². The summed E-state index contributed by atoms with van der Waals surface area (Å²) < 4.78 is 11.2. The zero-order chi connectivity index (χ0) is 12.9. The number of hydrogen-bond acceptors (Lipinski definition) is 3. The Kier molecular flexibility index (Phi) is 2.63. The number of rotatable bonds is 0. The fourth-order valence-electron chi connectivity index (χ4n) is 3.16. The first-order valence-corrected chi connectivity index (χ1v) is 6.74. The second-order valence-corrected chi connectivity index (χ2v) is 6.01. The molecule has 0 saturated carbocycles. The van der Waals surface area contributed by atoms with Gasteiger partial charge >= 0.3 is 5.97 Å². The fourth-order valence-corrected chi connectivity index (χ4v) is 3.16. The molecular formula is C15H20O3. The van der Waals surface area contributed by atoms with Crippen molar-refractivity contribution in [3.05, 3.63) is 23.8 Å². The van der Waals surface area contributed by atoms with Crippen LogP contribution in [0.1, 0.15) is 39.5 Å². The summed E-state index contributed by atoms with van der Waals surface area (Å²) in [7, 11) is 0. The Morgan fingerprint density at radius 1 is 1.44 bits per heavy atom. The van der Waals surface area contributed by atoms with Crippen LogP contribution in [0.3, 0.4) is 0 Å².